The molecule has 0 unspecified atom stereocenters. The fraction of sp³-hybridized carbons (Fsp3) is 0.800. The number of hydrogen-bond donors (Lipinski definition) is 0. The molecule has 0 amide bonds. The number of rotatable bonds is 1. The minimum absolute atomic E-state index is 0.207. The van der Waals surface area contributed by atoms with Crippen molar-refractivity contribution in [2.24, 2.45) is 10.8 Å². The highest BCUT2D eigenvalue weighted by Crippen LogP contribution is 2.65. The Morgan fingerprint density at radius 1 is 1.38 bits per heavy atom. The number of alkyl halides is 1. The third kappa shape index (κ3) is 0.841. The molecule has 0 heterocycles. The van der Waals surface area contributed by atoms with E-state index in [1.165, 1.54) is 0 Å². The molecule has 2 atom stereocenters. The largest absolute Gasteiger partial charge is 0.303 e. The van der Waals surface area contributed by atoms with Crippen LogP contribution in [0.2, 0.25) is 0 Å². The van der Waals surface area contributed by atoms with Gasteiger partial charge < -0.3 is 4.79 Å². The molecule has 3 heteroatoms. The Kier molecular flexibility index (Phi) is 1.62. The van der Waals surface area contributed by atoms with E-state index in [0.29, 0.717) is 6.42 Å². The standard InChI is InChI=1S/C10H13BrO2/c1-8(2)7(13)10(11)4-3-9(8,5-10)6-12/h6H,3-5H2,1-2H3/t9-,10+/m0/s1. The average molecular weight is 245 g/mol. The van der Waals surface area contributed by atoms with Crippen molar-refractivity contribution >= 4 is 28.0 Å². The van der Waals surface area contributed by atoms with E-state index in [4.69, 9.17) is 0 Å². The molecule has 0 saturated heterocycles. The molecule has 2 aliphatic carbocycles. The molecule has 2 bridgehead atoms. The first-order chi connectivity index (χ1) is 5.88. The van der Waals surface area contributed by atoms with E-state index in [1.54, 1.807) is 0 Å². The second-order valence-corrected chi connectivity index (χ2v) is 6.39. The number of Topliss-reactive ketones (excluding diaryl/α,β-unsaturated/α-hetero) is 1. The lowest BCUT2D eigenvalue weighted by molar-refractivity contribution is -0.136. The third-order valence-corrected chi connectivity index (χ3v) is 5.04. The summed E-state index contributed by atoms with van der Waals surface area (Å²) < 4.78 is -0.391. The van der Waals surface area contributed by atoms with Crippen molar-refractivity contribution in [2.45, 2.75) is 37.4 Å². The van der Waals surface area contributed by atoms with E-state index in [9.17, 15) is 9.59 Å². The van der Waals surface area contributed by atoms with E-state index < -0.39 is 15.2 Å². The lowest BCUT2D eigenvalue weighted by Crippen LogP contribution is -2.43. The fourth-order valence-corrected chi connectivity index (χ4v) is 4.05. The SMILES string of the molecule is CC1(C)C(=O)[C@@]2(Br)CC[C@@]1(C=O)C2. The highest BCUT2D eigenvalue weighted by molar-refractivity contribution is 9.10. The van der Waals surface area contributed by atoms with Crippen LogP contribution < -0.4 is 0 Å². The van der Waals surface area contributed by atoms with E-state index in [0.717, 1.165) is 19.1 Å². The number of carbonyl (C=O) groups excluding carboxylic acids is 2. The van der Waals surface area contributed by atoms with Crippen LogP contribution in [0, 0.1) is 10.8 Å². The Morgan fingerprint density at radius 2 is 2.00 bits per heavy atom. The third-order valence-electron chi connectivity index (χ3n) is 4.01. The molecule has 0 aromatic carbocycles. The second kappa shape index (κ2) is 2.25. The first-order valence-corrected chi connectivity index (χ1v) is 5.37. The summed E-state index contributed by atoms with van der Waals surface area (Å²) in [7, 11) is 0. The quantitative estimate of drug-likeness (QED) is 0.523. The zero-order chi connectivity index (χ0) is 9.91. The van der Waals surface area contributed by atoms with Crippen LogP contribution in [0.15, 0.2) is 0 Å². The topological polar surface area (TPSA) is 34.1 Å². The van der Waals surface area contributed by atoms with Crippen molar-refractivity contribution in [2.75, 3.05) is 0 Å². The van der Waals surface area contributed by atoms with Crippen molar-refractivity contribution in [3.8, 4) is 0 Å². The minimum atomic E-state index is -0.476. The highest BCUT2D eigenvalue weighted by atomic mass is 79.9. The molecule has 0 aromatic rings. The smallest absolute Gasteiger partial charge is 0.156 e. The number of hydrogen-bond acceptors (Lipinski definition) is 2. The van der Waals surface area contributed by atoms with Crippen molar-refractivity contribution < 1.29 is 9.59 Å². The molecule has 72 valence electrons. The molecule has 0 aromatic heterocycles. The summed E-state index contributed by atoms with van der Waals surface area (Å²) in [5, 5.41) is 0. The summed E-state index contributed by atoms with van der Waals surface area (Å²) in [4.78, 5) is 23.1. The zero-order valence-electron chi connectivity index (χ0n) is 7.89. The lowest BCUT2D eigenvalue weighted by Gasteiger charge is -2.36. The van der Waals surface area contributed by atoms with Gasteiger partial charge in [0.2, 0.25) is 0 Å². The van der Waals surface area contributed by atoms with Crippen LogP contribution in [0.25, 0.3) is 0 Å². The Hall–Kier alpha value is -0.180. The summed E-state index contributed by atoms with van der Waals surface area (Å²) in [6, 6.07) is 0. The van der Waals surface area contributed by atoms with E-state index in [-0.39, 0.29) is 5.78 Å². The van der Waals surface area contributed by atoms with E-state index in [1.807, 2.05) is 13.8 Å². The summed E-state index contributed by atoms with van der Waals surface area (Å²) in [5.74, 6) is 0.207. The molecular formula is C10H13BrO2. The van der Waals surface area contributed by atoms with Gasteiger partial charge in [0.15, 0.2) is 5.78 Å². The van der Waals surface area contributed by atoms with Gasteiger partial charge in [-0.25, -0.2) is 0 Å². The molecule has 2 aliphatic rings. The zero-order valence-corrected chi connectivity index (χ0v) is 9.48. The van der Waals surface area contributed by atoms with Gasteiger partial charge in [-0.1, -0.05) is 29.8 Å². The van der Waals surface area contributed by atoms with Crippen molar-refractivity contribution in [3.63, 3.8) is 0 Å². The summed E-state index contributed by atoms with van der Waals surface area (Å²) >= 11 is 3.50. The van der Waals surface area contributed by atoms with Crippen molar-refractivity contribution in [1.82, 2.24) is 0 Å². The summed E-state index contributed by atoms with van der Waals surface area (Å²) in [5.41, 5.74) is -0.871. The van der Waals surface area contributed by atoms with Gasteiger partial charge in [0.25, 0.3) is 0 Å². The minimum Gasteiger partial charge on any atom is -0.303 e. The van der Waals surface area contributed by atoms with Crippen molar-refractivity contribution in [3.05, 3.63) is 0 Å². The molecule has 2 rings (SSSR count). The molecule has 13 heavy (non-hydrogen) atoms. The van der Waals surface area contributed by atoms with E-state index in [2.05, 4.69) is 15.9 Å². The monoisotopic (exact) mass is 244 g/mol. The fourth-order valence-electron chi connectivity index (χ4n) is 2.86. The maximum absolute atomic E-state index is 12.0. The van der Waals surface area contributed by atoms with Gasteiger partial charge >= 0.3 is 0 Å². The van der Waals surface area contributed by atoms with Gasteiger partial charge in [-0.2, -0.15) is 0 Å². The van der Waals surface area contributed by atoms with Crippen LogP contribution in [0.1, 0.15) is 33.1 Å². The molecule has 0 spiro atoms. The molecule has 2 saturated carbocycles. The van der Waals surface area contributed by atoms with Gasteiger partial charge in [0.1, 0.15) is 6.29 Å². The highest BCUT2D eigenvalue weighted by Gasteiger charge is 2.69. The maximum Gasteiger partial charge on any atom is 0.156 e. The first-order valence-electron chi connectivity index (χ1n) is 4.58. The molecular weight excluding hydrogens is 232 g/mol. The molecule has 2 nitrogen and oxygen atoms in total. The molecule has 0 radical (unpaired) electrons. The Morgan fingerprint density at radius 3 is 2.31 bits per heavy atom. The Bertz CT molecular complexity index is 297. The van der Waals surface area contributed by atoms with Crippen molar-refractivity contribution in [1.29, 1.82) is 0 Å². The number of fused-ring (bicyclic) bond motifs is 2. The second-order valence-electron chi connectivity index (χ2n) is 4.87. The van der Waals surface area contributed by atoms with Gasteiger partial charge in [0, 0.05) is 10.8 Å². The Labute approximate surface area is 86.2 Å². The number of halogens is 1. The van der Waals surface area contributed by atoms with Gasteiger partial charge in [0.05, 0.1) is 4.32 Å². The summed E-state index contributed by atoms with van der Waals surface area (Å²) in [6.45, 7) is 3.79. The lowest BCUT2D eigenvalue weighted by atomic mass is 9.65. The van der Waals surface area contributed by atoms with Crippen LogP contribution in [-0.2, 0) is 9.59 Å². The van der Waals surface area contributed by atoms with Gasteiger partial charge in [-0.05, 0) is 19.3 Å². The van der Waals surface area contributed by atoms with Crippen LogP contribution in [0.3, 0.4) is 0 Å². The van der Waals surface area contributed by atoms with Gasteiger partial charge in [-0.3, -0.25) is 4.79 Å². The molecule has 0 N–H and O–H groups in total. The predicted octanol–water partition coefficient (Wildman–Crippen LogP) is 2.10. The summed E-state index contributed by atoms with van der Waals surface area (Å²) in [6.07, 6.45) is 3.35. The van der Waals surface area contributed by atoms with Crippen LogP contribution in [0.5, 0.6) is 0 Å². The van der Waals surface area contributed by atoms with Crippen LogP contribution >= 0.6 is 15.9 Å². The number of carbonyl (C=O) groups is 2. The maximum atomic E-state index is 12.0. The molecule has 2 fully saturated rings. The normalized spacial score (nSPS) is 46.8. The first kappa shape index (κ1) is 9.38. The predicted molar refractivity (Wildman–Crippen MR) is 52.8 cm³/mol. The Balaban J connectivity index is 2.55. The van der Waals surface area contributed by atoms with Crippen LogP contribution in [0.4, 0.5) is 0 Å². The average Bonchev–Trinajstić information content (AvgIpc) is 2.49. The number of aldehydes is 1. The molecule has 0 aliphatic heterocycles. The number of ketones is 1. The van der Waals surface area contributed by atoms with Gasteiger partial charge in [-0.15, -0.1) is 0 Å². The van der Waals surface area contributed by atoms with Crippen LogP contribution in [-0.4, -0.2) is 16.4 Å². The van der Waals surface area contributed by atoms with E-state index >= 15 is 0 Å².